The molecule has 1 fully saturated rings. The Bertz CT molecular complexity index is 1090. The van der Waals surface area contributed by atoms with Crippen LogP contribution >= 0.6 is 12.4 Å². The van der Waals surface area contributed by atoms with Gasteiger partial charge in [0, 0.05) is 12.1 Å². The molecule has 0 aliphatic carbocycles. The van der Waals surface area contributed by atoms with Gasteiger partial charge >= 0.3 is 5.97 Å². The van der Waals surface area contributed by atoms with Gasteiger partial charge in [-0.3, -0.25) is 10.6 Å². The van der Waals surface area contributed by atoms with Gasteiger partial charge in [-0.1, -0.05) is 72.8 Å². The highest BCUT2D eigenvalue weighted by Crippen LogP contribution is 2.33. The summed E-state index contributed by atoms with van der Waals surface area (Å²) in [7, 11) is 0. The van der Waals surface area contributed by atoms with E-state index in [0.29, 0.717) is 16.9 Å². The largest absolute Gasteiger partial charge is 0.476 e. The molecule has 1 heterocycles. The molecule has 0 radical (unpaired) electrons. The molecule has 192 valence electrons. The minimum Gasteiger partial charge on any atom is -0.476 e. The third kappa shape index (κ3) is 6.86. The SMILES string of the molecule is C[C@H](N)Oc1cccc([C@@](O)(C(=O)OCC2CCN(Cc3ccccc3)CC2)c2ccccc2)c1.Cl. The van der Waals surface area contributed by atoms with Crippen molar-refractivity contribution >= 4 is 18.4 Å². The van der Waals surface area contributed by atoms with E-state index in [9.17, 15) is 9.90 Å². The summed E-state index contributed by atoms with van der Waals surface area (Å²) in [6.07, 6.45) is 1.37. The molecule has 3 aromatic carbocycles. The molecule has 2 atom stereocenters. The Balaban J connectivity index is 0.00000361. The summed E-state index contributed by atoms with van der Waals surface area (Å²) in [4.78, 5) is 15.8. The van der Waals surface area contributed by atoms with E-state index in [1.165, 1.54) is 5.56 Å². The molecule has 4 rings (SSSR count). The normalized spacial score (nSPS) is 16.9. The molecule has 36 heavy (non-hydrogen) atoms. The van der Waals surface area contributed by atoms with Crippen LogP contribution in [0.2, 0.25) is 0 Å². The number of halogens is 1. The molecule has 0 aromatic heterocycles. The second-order valence-corrected chi connectivity index (χ2v) is 9.23. The van der Waals surface area contributed by atoms with E-state index in [4.69, 9.17) is 15.2 Å². The highest BCUT2D eigenvalue weighted by atomic mass is 35.5. The standard InChI is InChI=1S/C29H34N2O4.ClH/c1-22(30)35-27-14-8-13-26(19-27)29(33,25-11-6-3-7-12-25)28(32)34-21-24-15-17-31(18-16-24)20-23-9-4-2-5-10-23;/h2-14,19,22,24,33H,15-18,20-21,30H2,1H3;1H/t22-,29-;/m1./s1. The van der Waals surface area contributed by atoms with Gasteiger partial charge in [0.05, 0.1) is 6.61 Å². The van der Waals surface area contributed by atoms with Crippen LogP contribution in [0.3, 0.4) is 0 Å². The van der Waals surface area contributed by atoms with Crippen molar-refractivity contribution in [2.24, 2.45) is 11.7 Å². The molecule has 3 aromatic rings. The summed E-state index contributed by atoms with van der Waals surface area (Å²) in [5.41, 5.74) is 5.94. The minimum absolute atomic E-state index is 0. The van der Waals surface area contributed by atoms with Gasteiger partial charge in [-0.2, -0.15) is 0 Å². The Kier molecular flexibility index (Phi) is 9.90. The third-order valence-electron chi connectivity index (χ3n) is 6.47. The fraction of sp³-hybridized carbons (Fsp3) is 0.345. The lowest BCUT2D eigenvalue weighted by Gasteiger charge is -2.33. The average Bonchev–Trinajstić information content (AvgIpc) is 2.88. The molecule has 1 aliphatic heterocycles. The van der Waals surface area contributed by atoms with Gasteiger partial charge < -0.3 is 14.6 Å². The number of likely N-dealkylation sites (tertiary alicyclic amines) is 1. The molecule has 1 aliphatic rings. The third-order valence-corrected chi connectivity index (χ3v) is 6.47. The highest BCUT2D eigenvalue weighted by Gasteiger charge is 2.42. The van der Waals surface area contributed by atoms with Crippen LogP contribution in [0.5, 0.6) is 5.75 Å². The number of piperidine rings is 1. The first-order valence-corrected chi connectivity index (χ1v) is 12.2. The van der Waals surface area contributed by atoms with E-state index < -0.39 is 17.8 Å². The van der Waals surface area contributed by atoms with Crippen LogP contribution in [0.25, 0.3) is 0 Å². The van der Waals surface area contributed by atoms with E-state index in [-0.39, 0.29) is 24.9 Å². The van der Waals surface area contributed by atoms with Crippen LogP contribution in [0.1, 0.15) is 36.5 Å². The topological polar surface area (TPSA) is 85.0 Å². The summed E-state index contributed by atoms with van der Waals surface area (Å²) >= 11 is 0. The second-order valence-electron chi connectivity index (χ2n) is 9.23. The quantitative estimate of drug-likeness (QED) is 0.326. The number of nitrogens with two attached hydrogens (primary N) is 1. The molecular weight excluding hydrogens is 476 g/mol. The van der Waals surface area contributed by atoms with Gasteiger partial charge in [0.2, 0.25) is 5.60 Å². The van der Waals surface area contributed by atoms with Crippen LogP contribution in [-0.2, 0) is 21.7 Å². The zero-order valence-electron chi connectivity index (χ0n) is 20.6. The number of rotatable bonds is 9. The van der Waals surface area contributed by atoms with Crippen molar-refractivity contribution in [2.75, 3.05) is 19.7 Å². The average molecular weight is 511 g/mol. The maximum Gasteiger partial charge on any atom is 0.347 e. The van der Waals surface area contributed by atoms with Crippen molar-refractivity contribution in [3.63, 3.8) is 0 Å². The van der Waals surface area contributed by atoms with E-state index in [0.717, 1.165) is 32.5 Å². The van der Waals surface area contributed by atoms with Gasteiger partial charge in [-0.05, 0) is 62.0 Å². The molecule has 0 unspecified atom stereocenters. The summed E-state index contributed by atoms with van der Waals surface area (Å²) in [5, 5.41) is 11.7. The molecule has 0 spiro atoms. The number of hydrogen-bond donors (Lipinski definition) is 2. The Labute approximate surface area is 219 Å². The number of aliphatic hydroxyl groups is 1. The lowest BCUT2D eigenvalue weighted by atomic mass is 9.86. The highest BCUT2D eigenvalue weighted by molar-refractivity contribution is 5.86. The van der Waals surface area contributed by atoms with E-state index in [1.807, 2.05) is 12.1 Å². The number of hydrogen-bond acceptors (Lipinski definition) is 6. The smallest absolute Gasteiger partial charge is 0.347 e. The van der Waals surface area contributed by atoms with Crippen LogP contribution in [0.4, 0.5) is 0 Å². The van der Waals surface area contributed by atoms with Crippen LogP contribution in [0, 0.1) is 5.92 Å². The maximum absolute atomic E-state index is 13.4. The lowest BCUT2D eigenvalue weighted by Crippen LogP contribution is -2.40. The molecule has 0 amide bonds. The number of carbonyl (C=O) groups excluding carboxylic acids is 1. The Morgan fingerprint density at radius 2 is 1.61 bits per heavy atom. The Hall–Kier alpha value is -2.90. The van der Waals surface area contributed by atoms with Crippen molar-refractivity contribution in [1.82, 2.24) is 4.90 Å². The Morgan fingerprint density at radius 1 is 1.00 bits per heavy atom. The van der Waals surface area contributed by atoms with Crippen molar-refractivity contribution in [1.29, 1.82) is 0 Å². The predicted octanol–water partition coefficient (Wildman–Crippen LogP) is 4.48. The lowest BCUT2D eigenvalue weighted by molar-refractivity contribution is -0.164. The van der Waals surface area contributed by atoms with Crippen molar-refractivity contribution < 1.29 is 19.4 Å². The van der Waals surface area contributed by atoms with Crippen molar-refractivity contribution in [2.45, 2.75) is 38.1 Å². The van der Waals surface area contributed by atoms with Crippen molar-refractivity contribution in [3.8, 4) is 5.75 Å². The summed E-state index contributed by atoms with van der Waals surface area (Å²) in [6, 6.07) is 26.1. The predicted molar refractivity (Wildman–Crippen MR) is 143 cm³/mol. The van der Waals surface area contributed by atoms with Crippen LogP contribution < -0.4 is 10.5 Å². The number of esters is 1. The maximum atomic E-state index is 13.4. The zero-order chi connectivity index (χ0) is 24.7. The van der Waals surface area contributed by atoms with Gasteiger partial charge in [-0.15, -0.1) is 12.4 Å². The molecule has 3 N–H and O–H groups in total. The number of carbonyl (C=O) groups is 1. The fourth-order valence-electron chi connectivity index (χ4n) is 4.54. The molecule has 1 saturated heterocycles. The second kappa shape index (κ2) is 12.9. The van der Waals surface area contributed by atoms with Crippen LogP contribution in [-0.4, -0.2) is 41.9 Å². The minimum atomic E-state index is -1.95. The van der Waals surface area contributed by atoms with E-state index in [2.05, 4.69) is 29.2 Å². The zero-order valence-corrected chi connectivity index (χ0v) is 21.4. The molecule has 0 saturated carbocycles. The monoisotopic (exact) mass is 510 g/mol. The first-order valence-electron chi connectivity index (χ1n) is 12.2. The summed E-state index contributed by atoms with van der Waals surface area (Å²) in [6.45, 7) is 4.84. The van der Waals surface area contributed by atoms with Gasteiger partial charge in [-0.25, -0.2) is 4.79 Å². The van der Waals surface area contributed by atoms with E-state index >= 15 is 0 Å². The number of ether oxygens (including phenoxy) is 2. The molecule has 7 heteroatoms. The van der Waals surface area contributed by atoms with Crippen molar-refractivity contribution in [3.05, 3.63) is 102 Å². The molecule has 6 nitrogen and oxygen atoms in total. The summed E-state index contributed by atoms with van der Waals surface area (Å²) < 4.78 is 11.3. The summed E-state index contributed by atoms with van der Waals surface area (Å²) in [5.74, 6) is 0.0533. The van der Waals surface area contributed by atoms with E-state index in [1.54, 1.807) is 55.5 Å². The molecule has 0 bridgehead atoms. The van der Waals surface area contributed by atoms with Crippen LogP contribution in [0.15, 0.2) is 84.9 Å². The number of nitrogens with zero attached hydrogens (tertiary/aromatic N) is 1. The van der Waals surface area contributed by atoms with Gasteiger partial charge in [0.15, 0.2) is 0 Å². The Morgan fingerprint density at radius 3 is 2.25 bits per heavy atom. The fourth-order valence-corrected chi connectivity index (χ4v) is 4.54. The van der Waals surface area contributed by atoms with Gasteiger partial charge in [0.25, 0.3) is 0 Å². The van der Waals surface area contributed by atoms with Gasteiger partial charge in [0.1, 0.15) is 12.0 Å². The first kappa shape index (κ1) is 27.7. The first-order chi connectivity index (χ1) is 16.9. The molecular formula is C29H35ClN2O4. The number of benzene rings is 3.